The minimum absolute atomic E-state index is 0.331. The number of benzene rings is 1. The second kappa shape index (κ2) is 6.79. The van der Waals surface area contributed by atoms with E-state index in [1.165, 1.54) is 11.3 Å². The van der Waals surface area contributed by atoms with Crippen molar-refractivity contribution in [1.82, 2.24) is 4.98 Å². The van der Waals surface area contributed by atoms with Crippen molar-refractivity contribution in [3.8, 4) is 5.75 Å². The molecular formula is C16H20N2O3S. The van der Waals surface area contributed by atoms with Gasteiger partial charge in [-0.05, 0) is 38.5 Å². The smallest absolute Gasteiger partial charge is 0.358 e. The Labute approximate surface area is 134 Å². The number of nitrogens with one attached hydrogen (secondary N) is 1. The molecule has 0 atom stereocenters. The fourth-order valence-corrected chi connectivity index (χ4v) is 2.38. The number of thiazole rings is 1. The number of anilines is 1. The van der Waals surface area contributed by atoms with Crippen LogP contribution in [0.2, 0.25) is 0 Å². The molecule has 0 radical (unpaired) electrons. The summed E-state index contributed by atoms with van der Waals surface area (Å²) in [5.74, 6) is 0.423. The molecule has 1 aromatic carbocycles. The van der Waals surface area contributed by atoms with Crippen LogP contribution < -0.4 is 10.1 Å². The van der Waals surface area contributed by atoms with E-state index in [9.17, 15) is 4.79 Å². The van der Waals surface area contributed by atoms with Gasteiger partial charge in [-0.1, -0.05) is 12.1 Å². The van der Waals surface area contributed by atoms with Gasteiger partial charge in [0.25, 0.3) is 0 Å². The van der Waals surface area contributed by atoms with Gasteiger partial charge in [-0.3, -0.25) is 0 Å². The summed E-state index contributed by atoms with van der Waals surface area (Å²) in [6.45, 7) is 6.13. The quantitative estimate of drug-likeness (QED) is 0.851. The van der Waals surface area contributed by atoms with Crippen molar-refractivity contribution in [2.24, 2.45) is 0 Å². The predicted molar refractivity (Wildman–Crippen MR) is 87.6 cm³/mol. The molecular weight excluding hydrogens is 300 g/mol. The SMILES string of the molecule is COc1ccc(CNc2nc(C(=O)OC(C)(C)C)cs2)cc1. The largest absolute Gasteiger partial charge is 0.497 e. The van der Waals surface area contributed by atoms with E-state index >= 15 is 0 Å². The first-order valence-electron chi connectivity index (χ1n) is 6.93. The Balaban J connectivity index is 1.92. The molecule has 118 valence electrons. The molecule has 1 aromatic heterocycles. The Morgan fingerprint density at radius 3 is 2.55 bits per heavy atom. The summed E-state index contributed by atoms with van der Waals surface area (Å²) in [5.41, 5.74) is 0.921. The second-order valence-electron chi connectivity index (χ2n) is 5.74. The summed E-state index contributed by atoms with van der Waals surface area (Å²) in [7, 11) is 1.64. The fourth-order valence-electron chi connectivity index (χ4n) is 1.70. The van der Waals surface area contributed by atoms with Crippen molar-refractivity contribution in [1.29, 1.82) is 0 Å². The number of esters is 1. The van der Waals surface area contributed by atoms with Gasteiger partial charge in [-0.25, -0.2) is 9.78 Å². The van der Waals surface area contributed by atoms with Gasteiger partial charge in [-0.2, -0.15) is 0 Å². The van der Waals surface area contributed by atoms with E-state index in [0.29, 0.717) is 17.4 Å². The molecule has 0 amide bonds. The third-order valence-electron chi connectivity index (χ3n) is 2.71. The molecule has 0 aliphatic heterocycles. The topological polar surface area (TPSA) is 60.5 Å². The molecule has 0 spiro atoms. The van der Waals surface area contributed by atoms with E-state index in [1.54, 1.807) is 12.5 Å². The number of hydrogen-bond acceptors (Lipinski definition) is 6. The van der Waals surface area contributed by atoms with Gasteiger partial charge in [0, 0.05) is 11.9 Å². The van der Waals surface area contributed by atoms with E-state index in [2.05, 4.69) is 10.3 Å². The minimum Gasteiger partial charge on any atom is -0.497 e. The Bertz CT molecular complexity index is 630. The average molecular weight is 320 g/mol. The molecule has 0 aliphatic rings. The third-order valence-corrected chi connectivity index (χ3v) is 3.51. The molecule has 0 saturated heterocycles. The van der Waals surface area contributed by atoms with E-state index in [0.717, 1.165) is 11.3 Å². The summed E-state index contributed by atoms with van der Waals surface area (Å²) >= 11 is 1.38. The summed E-state index contributed by atoms with van der Waals surface area (Å²) in [5, 5.41) is 5.59. The number of nitrogens with zero attached hydrogens (tertiary/aromatic N) is 1. The van der Waals surface area contributed by atoms with Crippen molar-refractivity contribution < 1.29 is 14.3 Å². The second-order valence-corrected chi connectivity index (χ2v) is 6.60. The Morgan fingerprint density at radius 2 is 1.95 bits per heavy atom. The standard InChI is InChI=1S/C16H20N2O3S/c1-16(2,3)21-14(19)13-10-22-15(18-13)17-9-11-5-7-12(20-4)8-6-11/h5-8,10H,9H2,1-4H3,(H,17,18). The normalized spacial score (nSPS) is 11.1. The lowest BCUT2D eigenvalue weighted by Crippen LogP contribution is -2.24. The molecule has 1 heterocycles. The van der Waals surface area contributed by atoms with Crippen LogP contribution in [0.15, 0.2) is 29.6 Å². The number of methoxy groups -OCH3 is 1. The first-order valence-corrected chi connectivity index (χ1v) is 7.81. The van der Waals surface area contributed by atoms with Gasteiger partial charge in [0.15, 0.2) is 10.8 Å². The zero-order chi connectivity index (χ0) is 16.2. The van der Waals surface area contributed by atoms with Gasteiger partial charge in [-0.15, -0.1) is 11.3 Å². The van der Waals surface area contributed by atoms with E-state index in [4.69, 9.17) is 9.47 Å². The molecule has 0 bridgehead atoms. The molecule has 2 rings (SSSR count). The maximum Gasteiger partial charge on any atom is 0.358 e. The number of aromatic nitrogens is 1. The Morgan fingerprint density at radius 1 is 1.27 bits per heavy atom. The lowest BCUT2D eigenvalue weighted by Gasteiger charge is -2.18. The van der Waals surface area contributed by atoms with Crippen molar-refractivity contribution in [3.05, 3.63) is 40.9 Å². The highest BCUT2D eigenvalue weighted by Gasteiger charge is 2.20. The van der Waals surface area contributed by atoms with Crippen LogP contribution in [-0.2, 0) is 11.3 Å². The monoisotopic (exact) mass is 320 g/mol. The van der Waals surface area contributed by atoms with Crippen molar-refractivity contribution in [2.75, 3.05) is 12.4 Å². The van der Waals surface area contributed by atoms with Gasteiger partial charge >= 0.3 is 5.97 Å². The Kier molecular flexibility index (Phi) is 5.03. The van der Waals surface area contributed by atoms with Crippen LogP contribution in [0.5, 0.6) is 5.75 Å². The molecule has 0 aliphatic carbocycles. The summed E-state index contributed by atoms with van der Waals surface area (Å²) in [6, 6.07) is 7.78. The zero-order valence-electron chi connectivity index (χ0n) is 13.2. The highest BCUT2D eigenvalue weighted by molar-refractivity contribution is 7.13. The first kappa shape index (κ1) is 16.3. The molecule has 0 saturated carbocycles. The van der Waals surface area contributed by atoms with Crippen LogP contribution in [-0.4, -0.2) is 23.7 Å². The van der Waals surface area contributed by atoms with Crippen LogP contribution >= 0.6 is 11.3 Å². The van der Waals surface area contributed by atoms with Crippen molar-refractivity contribution in [2.45, 2.75) is 32.9 Å². The Hall–Kier alpha value is -2.08. The van der Waals surface area contributed by atoms with E-state index < -0.39 is 11.6 Å². The molecule has 22 heavy (non-hydrogen) atoms. The minimum atomic E-state index is -0.516. The molecule has 0 unspecified atom stereocenters. The lowest BCUT2D eigenvalue weighted by atomic mass is 10.2. The number of hydrogen-bond donors (Lipinski definition) is 1. The average Bonchev–Trinajstić information content (AvgIpc) is 2.93. The van der Waals surface area contributed by atoms with Crippen LogP contribution in [0.25, 0.3) is 0 Å². The van der Waals surface area contributed by atoms with Gasteiger partial charge in [0.1, 0.15) is 11.4 Å². The first-order chi connectivity index (χ1) is 10.4. The highest BCUT2D eigenvalue weighted by Crippen LogP contribution is 2.19. The number of carbonyl (C=O) groups excluding carboxylic acids is 1. The van der Waals surface area contributed by atoms with E-state index in [1.807, 2.05) is 45.0 Å². The summed E-state index contributed by atoms with van der Waals surface area (Å²) in [4.78, 5) is 16.2. The summed E-state index contributed by atoms with van der Waals surface area (Å²) < 4.78 is 10.4. The fraction of sp³-hybridized carbons (Fsp3) is 0.375. The predicted octanol–water partition coefficient (Wildman–Crippen LogP) is 3.72. The molecule has 6 heteroatoms. The van der Waals surface area contributed by atoms with Crippen molar-refractivity contribution in [3.63, 3.8) is 0 Å². The maximum absolute atomic E-state index is 11.9. The molecule has 1 N–H and O–H groups in total. The van der Waals surface area contributed by atoms with Crippen LogP contribution in [0.1, 0.15) is 36.8 Å². The molecule has 2 aromatic rings. The third kappa shape index (κ3) is 4.73. The molecule has 0 fully saturated rings. The van der Waals surface area contributed by atoms with Gasteiger partial charge < -0.3 is 14.8 Å². The maximum atomic E-state index is 11.9. The van der Waals surface area contributed by atoms with Crippen LogP contribution in [0.3, 0.4) is 0 Å². The number of ether oxygens (including phenoxy) is 2. The number of carbonyl (C=O) groups is 1. The van der Waals surface area contributed by atoms with Crippen LogP contribution in [0.4, 0.5) is 5.13 Å². The van der Waals surface area contributed by atoms with Crippen molar-refractivity contribution >= 4 is 22.4 Å². The molecule has 5 nitrogen and oxygen atoms in total. The van der Waals surface area contributed by atoms with E-state index in [-0.39, 0.29) is 0 Å². The summed E-state index contributed by atoms with van der Waals surface area (Å²) in [6.07, 6.45) is 0. The van der Waals surface area contributed by atoms with Gasteiger partial charge in [0.05, 0.1) is 7.11 Å². The van der Waals surface area contributed by atoms with Crippen LogP contribution in [0, 0.1) is 0 Å². The van der Waals surface area contributed by atoms with Gasteiger partial charge in [0.2, 0.25) is 0 Å². The zero-order valence-corrected chi connectivity index (χ0v) is 14.0. The highest BCUT2D eigenvalue weighted by atomic mass is 32.1. The number of rotatable bonds is 5. The lowest BCUT2D eigenvalue weighted by molar-refractivity contribution is 0.00638.